The summed E-state index contributed by atoms with van der Waals surface area (Å²) in [6.45, 7) is 5.66. The van der Waals surface area contributed by atoms with E-state index in [0.717, 1.165) is 12.0 Å². The van der Waals surface area contributed by atoms with Crippen molar-refractivity contribution in [3.8, 4) is 0 Å². The number of hydrogen-bond donors (Lipinski definition) is 3. The minimum atomic E-state index is -0.888. The van der Waals surface area contributed by atoms with E-state index >= 15 is 0 Å². The van der Waals surface area contributed by atoms with Gasteiger partial charge in [0.2, 0.25) is 0 Å². The average Bonchev–Trinajstić information content (AvgIpc) is 2.40. The molecule has 0 amide bonds. The Bertz CT molecular complexity index is 403. The van der Waals surface area contributed by atoms with Crippen molar-refractivity contribution in [3.63, 3.8) is 0 Å². The Balaban J connectivity index is 2.92. The Kier molecular flexibility index (Phi) is 5.51. The predicted molar refractivity (Wildman–Crippen MR) is 74.9 cm³/mol. The number of hydrogen-bond acceptors (Lipinski definition) is 3. The molecule has 19 heavy (non-hydrogen) atoms. The van der Waals surface area contributed by atoms with Crippen LogP contribution in [0.25, 0.3) is 0 Å². The van der Waals surface area contributed by atoms with E-state index in [9.17, 15) is 15.0 Å². The van der Waals surface area contributed by atoms with Crippen molar-refractivity contribution < 1.29 is 15.0 Å². The van der Waals surface area contributed by atoms with Crippen LogP contribution in [0.15, 0.2) is 30.3 Å². The van der Waals surface area contributed by atoms with Crippen LogP contribution in [0.2, 0.25) is 0 Å². The molecule has 0 aliphatic carbocycles. The van der Waals surface area contributed by atoms with Gasteiger partial charge in [-0.3, -0.25) is 10.1 Å². The molecule has 0 radical (unpaired) electrons. The standard InChI is InChI=1S/C15H23NO3/c1-4-15(2,3)13(14(18)19)16-12(10-17)11-8-6-5-7-9-11/h5-9,12-13,16-17H,4,10H2,1-3H3,(H,18,19)/t12-,13?/m0/s1. The second-order valence-corrected chi connectivity index (χ2v) is 5.43. The molecule has 4 nitrogen and oxygen atoms in total. The van der Waals surface area contributed by atoms with Gasteiger partial charge in [0, 0.05) is 0 Å². The van der Waals surface area contributed by atoms with Crippen molar-refractivity contribution in [2.45, 2.75) is 39.3 Å². The van der Waals surface area contributed by atoms with Crippen molar-refractivity contribution >= 4 is 5.97 Å². The predicted octanol–water partition coefficient (Wildman–Crippen LogP) is 2.20. The van der Waals surface area contributed by atoms with Gasteiger partial charge >= 0.3 is 5.97 Å². The molecular weight excluding hydrogens is 242 g/mol. The van der Waals surface area contributed by atoms with Gasteiger partial charge in [0.1, 0.15) is 6.04 Å². The first kappa shape index (κ1) is 15.7. The molecule has 4 heteroatoms. The van der Waals surface area contributed by atoms with Gasteiger partial charge in [-0.15, -0.1) is 0 Å². The minimum Gasteiger partial charge on any atom is -0.480 e. The number of aliphatic hydroxyl groups excluding tert-OH is 1. The smallest absolute Gasteiger partial charge is 0.321 e. The molecule has 0 aliphatic rings. The molecule has 1 aromatic carbocycles. The zero-order chi connectivity index (χ0) is 14.5. The quantitative estimate of drug-likeness (QED) is 0.707. The highest BCUT2D eigenvalue weighted by atomic mass is 16.4. The number of nitrogens with one attached hydrogen (secondary N) is 1. The molecular formula is C15H23NO3. The summed E-state index contributed by atoms with van der Waals surface area (Å²) in [5.41, 5.74) is 0.511. The first-order valence-electron chi connectivity index (χ1n) is 6.57. The van der Waals surface area contributed by atoms with Crippen LogP contribution in [0.1, 0.15) is 38.8 Å². The molecule has 0 heterocycles. The minimum absolute atomic E-state index is 0.131. The summed E-state index contributed by atoms with van der Waals surface area (Å²) in [7, 11) is 0. The number of carboxylic acids is 1. The molecule has 0 aromatic heterocycles. The summed E-state index contributed by atoms with van der Waals surface area (Å²) in [5.74, 6) is -0.888. The monoisotopic (exact) mass is 265 g/mol. The van der Waals surface area contributed by atoms with E-state index in [4.69, 9.17) is 0 Å². The summed E-state index contributed by atoms with van der Waals surface area (Å²) in [6.07, 6.45) is 0.740. The number of benzene rings is 1. The van der Waals surface area contributed by atoms with Crippen molar-refractivity contribution in [1.82, 2.24) is 5.32 Å². The third-order valence-electron chi connectivity index (χ3n) is 3.69. The molecule has 106 valence electrons. The largest absolute Gasteiger partial charge is 0.480 e. The molecule has 0 fully saturated rings. The first-order chi connectivity index (χ1) is 8.92. The SMILES string of the molecule is CCC(C)(C)C(N[C@@H](CO)c1ccccc1)C(=O)O. The van der Waals surface area contributed by atoms with Crippen LogP contribution in [-0.4, -0.2) is 28.8 Å². The summed E-state index contributed by atoms with van der Waals surface area (Å²) in [5, 5.41) is 21.9. The number of carbonyl (C=O) groups is 1. The van der Waals surface area contributed by atoms with Gasteiger partial charge in [-0.1, -0.05) is 51.1 Å². The third-order valence-corrected chi connectivity index (χ3v) is 3.69. The Morgan fingerprint density at radius 1 is 1.32 bits per heavy atom. The Hall–Kier alpha value is -1.39. The molecule has 0 spiro atoms. The van der Waals surface area contributed by atoms with Crippen LogP contribution in [0.4, 0.5) is 0 Å². The number of aliphatic carboxylic acids is 1. The Morgan fingerprint density at radius 2 is 1.89 bits per heavy atom. The number of aliphatic hydroxyl groups is 1. The maximum Gasteiger partial charge on any atom is 0.321 e. The zero-order valence-corrected chi connectivity index (χ0v) is 11.8. The molecule has 2 atom stereocenters. The molecule has 0 saturated heterocycles. The summed E-state index contributed by atoms with van der Waals surface area (Å²) >= 11 is 0. The van der Waals surface area contributed by atoms with E-state index in [1.165, 1.54) is 0 Å². The highest BCUT2D eigenvalue weighted by Crippen LogP contribution is 2.27. The van der Waals surface area contributed by atoms with Crippen molar-refractivity contribution in [1.29, 1.82) is 0 Å². The van der Waals surface area contributed by atoms with Crippen molar-refractivity contribution in [3.05, 3.63) is 35.9 Å². The number of rotatable bonds is 7. The van der Waals surface area contributed by atoms with Gasteiger partial charge in [0.15, 0.2) is 0 Å². The van der Waals surface area contributed by atoms with Crippen LogP contribution < -0.4 is 5.32 Å². The van der Waals surface area contributed by atoms with Gasteiger partial charge in [-0.05, 0) is 17.4 Å². The van der Waals surface area contributed by atoms with E-state index in [1.54, 1.807) is 0 Å². The number of carboxylic acid groups (broad SMARTS) is 1. The van der Waals surface area contributed by atoms with Gasteiger partial charge in [0.25, 0.3) is 0 Å². The fourth-order valence-corrected chi connectivity index (χ4v) is 1.98. The van der Waals surface area contributed by atoms with Crippen LogP contribution in [0.3, 0.4) is 0 Å². The van der Waals surface area contributed by atoms with Gasteiger partial charge in [-0.2, -0.15) is 0 Å². The highest BCUT2D eigenvalue weighted by Gasteiger charge is 2.35. The normalized spacial score (nSPS) is 14.9. The molecule has 1 unspecified atom stereocenters. The van der Waals surface area contributed by atoms with Crippen molar-refractivity contribution in [2.24, 2.45) is 5.41 Å². The molecule has 3 N–H and O–H groups in total. The molecule has 0 saturated carbocycles. The topological polar surface area (TPSA) is 69.6 Å². The van der Waals surface area contributed by atoms with Crippen LogP contribution >= 0.6 is 0 Å². The fraction of sp³-hybridized carbons (Fsp3) is 0.533. The summed E-state index contributed by atoms with van der Waals surface area (Å²) < 4.78 is 0. The molecule has 1 aromatic rings. The molecule has 0 aliphatic heterocycles. The second kappa shape index (κ2) is 6.68. The van der Waals surface area contributed by atoms with Crippen LogP contribution in [-0.2, 0) is 4.79 Å². The maximum absolute atomic E-state index is 11.4. The summed E-state index contributed by atoms with van der Waals surface area (Å²) in [6, 6.07) is 8.34. The lowest BCUT2D eigenvalue weighted by Crippen LogP contribution is -2.49. The Labute approximate surface area is 114 Å². The summed E-state index contributed by atoms with van der Waals surface area (Å²) in [4.78, 5) is 11.4. The lowest BCUT2D eigenvalue weighted by atomic mass is 9.81. The lowest BCUT2D eigenvalue weighted by molar-refractivity contribution is -0.143. The maximum atomic E-state index is 11.4. The second-order valence-electron chi connectivity index (χ2n) is 5.43. The van der Waals surface area contributed by atoms with Gasteiger partial charge < -0.3 is 10.2 Å². The molecule has 0 bridgehead atoms. The average molecular weight is 265 g/mol. The van der Waals surface area contributed by atoms with Gasteiger partial charge in [0.05, 0.1) is 12.6 Å². The molecule has 1 rings (SSSR count). The van der Waals surface area contributed by atoms with E-state index in [-0.39, 0.29) is 18.1 Å². The Morgan fingerprint density at radius 3 is 2.32 bits per heavy atom. The van der Waals surface area contributed by atoms with Gasteiger partial charge in [-0.25, -0.2) is 0 Å². The first-order valence-corrected chi connectivity index (χ1v) is 6.57. The van der Waals surface area contributed by atoms with Crippen LogP contribution in [0.5, 0.6) is 0 Å². The lowest BCUT2D eigenvalue weighted by Gasteiger charge is -2.33. The van der Waals surface area contributed by atoms with Crippen LogP contribution in [0, 0.1) is 5.41 Å². The van der Waals surface area contributed by atoms with Crippen molar-refractivity contribution in [2.75, 3.05) is 6.61 Å². The van der Waals surface area contributed by atoms with E-state index in [1.807, 2.05) is 51.1 Å². The fourth-order valence-electron chi connectivity index (χ4n) is 1.98. The van der Waals surface area contributed by atoms with E-state index in [2.05, 4.69) is 5.32 Å². The van der Waals surface area contributed by atoms with E-state index < -0.39 is 12.0 Å². The van der Waals surface area contributed by atoms with E-state index in [0.29, 0.717) is 0 Å². The highest BCUT2D eigenvalue weighted by molar-refractivity contribution is 5.74. The zero-order valence-electron chi connectivity index (χ0n) is 11.8. The third kappa shape index (κ3) is 4.04.